The first-order chi connectivity index (χ1) is 13.8. The number of thioether (sulfide) groups is 1. The molecule has 1 aromatic heterocycles. The molecule has 0 radical (unpaired) electrons. The number of anilines is 1. The zero-order valence-corrected chi connectivity index (χ0v) is 18.4. The molecule has 3 amide bonds. The lowest BCUT2D eigenvalue weighted by Gasteiger charge is -2.28. The van der Waals surface area contributed by atoms with Crippen LogP contribution in [0.5, 0.6) is 0 Å². The summed E-state index contributed by atoms with van der Waals surface area (Å²) >= 11 is 1.30. The number of imide groups is 1. The Morgan fingerprint density at radius 3 is 2.59 bits per heavy atom. The molecule has 2 N–H and O–H groups in total. The predicted octanol–water partition coefficient (Wildman–Crippen LogP) is 2.16. The van der Waals surface area contributed by atoms with Crippen LogP contribution in [0, 0.1) is 0 Å². The fourth-order valence-electron chi connectivity index (χ4n) is 3.53. The van der Waals surface area contributed by atoms with Gasteiger partial charge in [-0.05, 0) is 52.9 Å². The van der Waals surface area contributed by atoms with E-state index < -0.39 is 11.6 Å². The van der Waals surface area contributed by atoms with Crippen LogP contribution in [0.2, 0.25) is 0 Å². The summed E-state index contributed by atoms with van der Waals surface area (Å²) in [5, 5.41) is 14.5. The van der Waals surface area contributed by atoms with Crippen LogP contribution in [-0.4, -0.2) is 63.8 Å². The summed E-state index contributed by atoms with van der Waals surface area (Å²) in [6.45, 7) is 9.01. The van der Waals surface area contributed by atoms with Gasteiger partial charge < -0.3 is 15.0 Å². The topological polar surface area (TPSA) is 101 Å². The molecule has 0 saturated carbocycles. The quantitative estimate of drug-likeness (QED) is 0.675. The summed E-state index contributed by atoms with van der Waals surface area (Å²) in [6.07, 6.45) is 5.80. The summed E-state index contributed by atoms with van der Waals surface area (Å²) in [7, 11) is 0. The van der Waals surface area contributed by atoms with Crippen molar-refractivity contribution >= 4 is 29.6 Å². The number of hydrogen-bond donors (Lipinski definition) is 2. The van der Waals surface area contributed by atoms with Gasteiger partial charge in [-0.25, -0.2) is 4.79 Å². The van der Waals surface area contributed by atoms with Crippen molar-refractivity contribution < 1.29 is 14.3 Å². The highest BCUT2D eigenvalue weighted by atomic mass is 32.2. The Bertz CT molecular complexity index is 705. The first kappa shape index (κ1) is 21.9. The number of nitrogens with zero attached hydrogens (tertiary/aromatic N) is 4. The summed E-state index contributed by atoms with van der Waals surface area (Å²) in [5.41, 5.74) is -0.400. The van der Waals surface area contributed by atoms with E-state index in [9.17, 15) is 9.59 Å². The van der Waals surface area contributed by atoms with Crippen molar-refractivity contribution in [3.8, 4) is 0 Å². The van der Waals surface area contributed by atoms with E-state index in [4.69, 9.17) is 4.74 Å². The normalized spacial score (nSPS) is 20.0. The van der Waals surface area contributed by atoms with Gasteiger partial charge in [-0.2, -0.15) is 0 Å². The molecule has 2 aliphatic rings. The number of amides is 3. The minimum absolute atomic E-state index is 0.0984. The summed E-state index contributed by atoms with van der Waals surface area (Å²) in [6, 6.07) is -0.488. The zero-order chi connectivity index (χ0) is 20.9. The maximum absolute atomic E-state index is 12.2. The minimum Gasteiger partial charge on any atom is -0.376 e. The van der Waals surface area contributed by atoms with Gasteiger partial charge in [0.25, 0.3) is 0 Å². The van der Waals surface area contributed by atoms with Crippen LogP contribution < -0.4 is 15.5 Å². The largest absolute Gasteiger partial charge is 0.376 e. The SMILES string of the molecule is CC(C)(C)NC(=O)NC(=O)CSc1nnc(N2CCCCC2)n1CC1CCCO1. The van der Waals surface area contributed by atoms with E-state index in [1.165, 1.54) is 18.2 Å². The first-order valence-corrected chi connectivity index (χ1v) is 11.3. The lowest BCUT2D eigenvalue weighted by molar-refractivity contribution is -0.117. The monoisotopic (exact) mass is 424 g/mol. The fourth-order valence-corrected chi connectivity index (χ4v) is 4.27. The first-order valence-electron chi connectivity index (χ1n) is 10.4. The molecule has 10 heteroatoms. The molecule has 0 spiro atoms. The Morgan fingerprint density at radius 2 is 1.93 bits per heavy atom. The number of piperidine rings is 1. The van der Waals surface area contributed by atoms with Gasteiger partial charge in [0.05, 0.1) is 18.4 Å². The van der Waals surface area contributed by atoms with Crippen LogP contribution in [0.1, 0.15) is 52.9 Å². The number of carbonyl (C=O) groups is 2. The molecule has 3 heterocycles. The number of urea groups is 1. The average molecular weight is 425 g/mol. The van der Waals surface area contributed by atoms with Crippen molar-refractivity contribution in [1.82, 2.24) is 25.4 Å². The van der Waals surface area contributed by atoms with Crippen molar-refractivity contribution in [2.75, 3.05) is 30.3 Å². The van der Waals surface area contributed by atoms with Crippen molar-refractivity contribution in [3.63, 3.8) is 0 Å². The Kier molecular flexibility index (Phi) is 7.39. The second-order valence-corrected chi connectivity index (χ2v) is 9.56. The molecule has 1 atom stereocenters. The van der Waals surface area contributed by atoms with E-state index in [0.717, 1.165) is 51.3 Å². The van der Waals surface area contributed by atoms with Gasteiger partial charge in [-0.15, -0.1) is 10.2 Å². The van der Waals surface area contributed by atoms with Crippen LogP contribution in [0.25, 0.3) is 0 Å². The van der Waals surface area contributed by atoms with E-state index in [1.807, 2.05) is 20.8 Å². The molecule has 9 nitrogen and oxygen atoms in total. The fraction of sp³-hybridized carbons (Fsp3) is 0.789. The van der Waals surface area contributed by atoms with E-state index in [2.05, 4.69) is 30.3 Å². The van der Waals surface area contributed by atoms with Crippen molar-refractivity contribution in [3.05, 3.63) is 0 Å². The molecule has 29 heavy (non-hydrogen) atoms. The zero-order valence-electron chi connectivity index (χ0n) is 17.6. The Hall–Kier alpha value is -1.81. The molecule has 1 aromatic rings. The Morgan fingerprint density at radius 1 is 1.17 bits per heavy atom. The van der Waals surface area contributed by atoms with Gasteiger partial charge in [-0.3, -0.25) is 14.7 Å². The van der Waals surface area contributed by atoms with Crippen LogP contribution in [0.15, 0.2) is 5.16 Å². The average Bonchev–Trinajstić information content (AvgIpc) is 3.29. The number of nitrogens with one attached hydrogen (secondary N) is 2. The second-order valence-electron chi connectivity index (χ2n) is 8.62. The summed E-state index contributed by atoms with van der Waals surface area (Å²) < 4.78 is 7.89. The van der Waals surface area contributed by atoms with Gasteiger partial charge in [0.1, 0.15) is 0 Å². The molecular formula is C19H32N6O3S. The van der Waals surface area contributed by atoms with Crippen molar-refractivity contribution in [1.29, 1.82) is 0 Å². The van der Waals surface area contributed by atoms with Gasteiger partial charge in [0.15, 0.2) is 5.16 Å². The van der Waals surface area contributed by atoms with Crippen molar-refractivity contribution in [2.45, 2.75) is 76.2 Å². The molecule has 0 bridgehead atoms. The molecule has 1 unspecified atom stereocenters. The molecule has 3 rings (SSSR count). The summed E-state index contributed by atoms with van der Waals surface area (Å²) in [5.74, 6) is 0.595. The third kappa shape index (κ3) is 6.60. The van der Waals surface area contributed by atoms with Gasteiger partial charge in [-0.1, -0.05) is 11.8 Å². The lowest BCUT2D eigenvalue weighted by atomic mass is 10.1. The molecule has 162 valence electrons. The van der Waals surface area contributed by atoms with E-state index in [1.54, 1.807) is 0 Å². The third-order valence-electron chi connectivity index (χ3n) is 4.82. The highest BCUT2D eigenvalue weighted by molar-refractivity contribution is 7.99. The number of aromatic nitrogens is 3. The maximum Gasteiger partial charge on any atom is 0.321 e. The summed E-state index contributed by atoms with van der Waals surface area (Å²) in [4.78, 5) is 26.3. The molecule has 2 saturated heterocycles. The van der Waals surface area contributed by atoms with Gasteiger partial charge >= 0.3 is 6.03 Å². The van der Waals surface area contributed by atoms with Crippen LogP contribution in [-0.2, 0) is 16.1 Å². The number of rotatable bonds is 6. The smallest absolute Gasteiger partial charge is 0.321 e. The molecule has 2 aliphatic heterocycles. The van der Waals surface area contributed by atoms with Crippen molar-refractivity contribution in [2.24, 2.45) is 0 Å². The predicted molar refractivity (Wildman–Crippen MR) is 112 cm³/mol. The second kappa shape index (κ2) is 9.80. The van der Waals surface area contributed by atoms with Crippen LogP contribution >= 0.6 is 11.8 Å². The molecule has 0 aliphatic carbocycles. The number of hydrogen-bond acceptors (Lipinski definition) is 7. The van der Waals surface area contributed by atoms with Crippen LogP contribution in [0.3, 0.4) is 0 Å². The van der Waals surface area contributed by atoms with E-state index >= 15 is 0 Å². The van der Waals surface area contributed by atoms with Gasteiger partial charge in [0, 0.05) is 25.2 Å². The van der Waals surface area contributed by atoms with E-state index in [0.29, 0.717) is 11.7 Å². The van der Waals surface area contributed by atoms with Gasteiger partial charge in [0.2, 0.25) is 11.9 Å². The standard InChI is InChI=1S/C19H32N6O3S/c1-19(2,3)21-16(27)20-15(26)13-29-18-23-22-17(24-9-5-4-6-10-24)25(18)12-14-8-7-11-28-14/h14H,4-13H2,1-3H3,(H2,20,21,26,27). The highest BCUT2D eigenvalue weighted by Crippen LogP contribution is 2.26. The lowest BCUT2D eigenvalue weighted by Crippen LogP contribution is -2.48. The Labute approximate surface area is 176 Å². The van der Waals surface area contributed by atoms with E-state index in [-0.39, 0.29) is 17.8 Å². The Balaban J connectivity index is 1.63. The molecular weight excluding hydrogens is 392 g/mol. The number of carbonyl (C=O) groups excluding carboxylic acids is 2. The maximum atomic E-state index is 12.2. The minimum atomic E-state index is -0.488. The molecule has 0 aromatic carbocycles. The third-order valence-corrected chi connectivity index (χ3v) is 5.79. The highest BCUT2D eigenvalue weighted by Gasteiger charge is 2.25. The molecule has 2 fully saturated rings. The number of ether oxygens (including phenoxy) is 1. The van der Waals surface area contributed by atoms with Crippen LogP contribution in [0.4, 0.5) is 10.7 Å².